The summed E-state index contributed by atoms with van der Waals surface area (Å²) >= 11 is 0. The number of nitrogens with zero attached hydrogens (tertiary/aromatic N) is 4. The normalized spacial score (nSPS) is 10.5. The molecule has 0 radical (unpaired) electrons. The van der Waals surface area contributed by atoms with E-state index >= 15 is 0 Å². The summed E-state index contributed by atoms with van der Waals surface area (Å²) in [7, 11) is 5.68. The molecule has 2 rings (SSSR count). The third-order valence-corrected chi connectivity index (χ3v) is 3.14. The highest BCUT2D eigenvalue weighted by atomic mass is 16.5. The average Bonchev–Trinajstić information content (AvgIpc) is 2.59. The third kappa shape index (κ3) is 6.25. The molecule has 0 aliphatic carbocycles. The van der Waals surface area contributed by atoms with Gasteiger partial charge in [0.2, 0.25) is 5.95 Å². The van der Waals surface area contributed by atoms with Gasteiger partial charge in [-0.05, 0) is 38.4 Å². The van der Waals surface area contributed by atoms with Crippen LogP contribution < -0.4 is 20.1 Å². The Morgan fingerprint density at radius 2 is 1.79 bits per heavy atom. The molecule has 8 heteroatoms. The van der Waals surface area contributed by atoms with Crippen LogP contribution in [0, 0.1) is 0 Å². The molecule has 1 heterocycles. The molecule has 0 unspecified atom stereocenters. The van der Waals surface area contributed by atoms with E-state index in [0.29, 0.717) is 24.9 Å². The molecule has 1 aromatic heterocycles. The average molecular weight is 332 g/mol. The van der Waals surface area contributed by atoms with Gasteiger partial charge in [-0.2, -0.15) is 10.1 Å². The lowest BCUT2D eigenvalue weighted by Gasteiger charge is -2.11. The Labute approximate surface area is 142 Å². The fourth-order valence-electron chi connectivity index (χ4n) is 1.87. The van der Waals surface area contributed by atoms with Crippen molar-refractivity contribution in [3.8, 4) is 11.5 Å². The highest BCUT2D eigenvalue weighted by Crippen LogP contribution is 2.16. The van der Waals surface area contributed by atoms with E-state index in [9.17, 15) is 0 Å². The zero-order chi connectivity index (χ0) is 17.2. The maximum atomic E-state index is 5.63. The van der Waals surface area contributed by atoms with Gasteiger partial charge in [0.25, 0.3) is 0 Å². The van der Waals surface area contributed by atoms with Gasteiger partial charge in [0.05, 0.1) is 19.9 Å². The second-order valence-electron chi connectivity index (χ2n) is 5.35. The molecule has 0 fully saturated rings. The third-order valence-electron chi connectivity index (χ3n) is 3.14. The molecule has 130 valence electrons. The van der Waals surface area contributed by atoms with Crippen LogP contribution >= 0.6 is 0 Å². The maximum absolute atomic E-state index is 5.63. The van der Waals surface area contributed by atoms with Crippen LogP contribution in [0.25, 0.3) is 0 Å². The molecule has 0 saturated carbocycles. The zero-order valence-electron chi connectivity index (χ0n) is 14.3. The summed E-state index contributed by atoms with van der Waals surface area (Å²) in [6, 6.07) is 7.45. The minimum Gasteiger partial charge on any atom is -0.497 e. The fourth-order valence-corrected chi connectivity index (χ4v) is 1.87. The number of hydrogen-bond acceptors (Lipinski definition) is 8. The largest absolute Gasteiger partial charge is 0.497 e. The predicted molar refractivity (Wildman–Crippen MR) is 93.8 cm³/mol. The second-order valence-corrected chi connectivity index (χ2v) is 5.35. The highest BCUT2D eigenvalue weighted by Gasteiger charge is 2.01. The Bertz CT molecular complexity index is 606. The quantitative estimate of drug-likeness (QED) is 0.631. The van der Waals surface area contributed by atoms with Crippen molar-refractivity contribution in [3.63, 3.8) is 0 Å². The molecule has 0 atom stereocenters. The first-order valence-corrected chi connectivity index (χ1v) is 7.76. The van der Waals surface area contributed by atoms with Gasteiger partial charge in [-0.15, -0.1) is 5.10 Å². The molecule has 0 spiro atoms. The molecule has 2 aromatic rings. The van der Waals surface area contributed by atoms with Crippen LogP contribution in [0.3, 0.4) is 0 Å². The molecule has 1 aromatic carbocycles. The number of aromatic nitrogens is 3. The molecule has 0 saturated heterocycles. The molecular formula is C16H24N6O2. The van der Waals surface area contributed by atoms with Crippen LogP contribution in [-0.4, -0.2) is 67.5 Å². The SMILES string of the molecule is COc1ccc(OCCNc2nncc(NCCN(C)C)n2)cc1. The van der Waals surface area contributed by atoms with Gasteiger partial charge in [-0.25, -0.2) is 0 Å². The van der Waals surface area contributed by atoms with Gasteiger partial charge in [-0.3, -0.25) is 0 Å². The van der Waals surface area contributed by atoms with Gasteiger partial charge in [0.15, 0.2) is 5.82 Å². The summed E-state index contributed by atoms with van der Waals surface area (Å²) in [4.78, 5) is 6.44. The highest BCUT2D eigenvalue weighted by molar-refractivity contribution is 5.37. The van der Waals surface area contributed by atoms with Gasteiger partial charge < -0.3 is 25.0 Å². The first-order valence-electron chi connectivity index (χ1n) is 7.76. The van der Waals surface area contributed by atoms with Crippen molar-refractivity contribution >= 4 is 11.8 Å². The number of rotatable bonds is 10. The van der Waals surface area contributed by atoms with Crippen molar-refractivity contribution in [1.29, 1.82) is 0 Å². The number of methoxy groups -OCH3 is 1. The van der Waals surface area contributed by atoms with Crippen molar-refractivity contribution < 1.29 is 9.47 Å². The van der Waals surface area contributed by atoms with Crippen molar-refractivity contribution in [2.45, 2.75) is 0 Å². The van der Waals surface area contributed by atoms with Gasteiger partial charge in [0, 0.05) is 13.1 Å². The summed E-state index contributed by atoms with van der Waals surface area (Å²) in [5.74, 6) is 2.77. The van der Waals surface area contributed by atoms with E-state index in [4.69, 9.17) is 9.47 Å². The fraction of sp³-hybridized carbons (Fsp3) is 0.438. The molecule has 0 bridgehead atoms. The van der Waals surface area contributed by atoms with Crippen LogP contribution in [0.1, 0.15) is 0 Å². The lowest BCUT2D eigenvalue weighted by molar-refractivity contribution is 0.331. The van der Waals surface area contributed by atoms with E-state index < -0.39 is 0 Å². The minimum absolute atomic E-state index is 0.475. The molecular weight excluding hydrogens is 308 g/mol. The molecule has 0 aliphatic heterocycles. The Kier molecular flexibility index (Phi) is 7.03. The Hall–Kier alpha value is -2.61. The summed E-state index contributed by atoms with van der Waals surface area (Å²) in [5, 5.41) is 14.2. The number of anilines is 2. The lowest BCUT2D eigenvalue weighted by atomic mass is 10.3. The van der Waals surface area contributed by atoms with Crippen molar-refractivity contribution in [3.05, 3.63) is 30.5 Å². The lowest BCUT2D eigenvalue weighted by Crippen LogP contribution is -2.21. The molecule has 8 nitrogen and oxygen atoms in total. The Balaban J connectivity index is 1.71. The Morgan fingerprint density at radius 3 is 2.50 bits per heavy atom. The molecule has 2 N–H and O–H groups in total. The summed E-state index contributed by atoms with van der Waals surface area (Å²) in [5.41, 5.74) is 0. The van der Waals surface area contributed by atoms with E-state index in [1.54, 1.807) is 13.3 Å². The minimum atomic E-state index is 0.475. The summed E-state index contributed by atoms with van der Waals surface area (Å²) < 4.78 is 10.7. The van der Waals surface area contributed by atoms with Crippen LogP contribution in [-0.2, 0) is 0 Å². The van der Waals surface area contributed by atoms with Crippen molar-refractivity contribution in [1.82, 2.24) is 20.1 Å². The molecule has 0 amide bonds. The number of benzene rings is 1. The first kappa shape index (κ1) is 17.7. The summed E-state index contributed by atoms with van der Waals surface area (Å²) in [6.07, 6.45) is 1.61. The standard InChI is InChI=1S/C16H24N6O2/c1-22(2)10-8-17-15-12-19-21-16(20-15)18-9-11-24-14-6-4-13(23-3)5-7-14/h4-7,12H,8-11H2,1-3H3,(H2,17,18,20,21). The topological polar surface area (TPSA) is 84.4 Å². The van der Waals surface area contributed by atoms with E-state index in [-0.39, 0.29) is 0 Å². The smallest absolute Gasteiger partial charge is 0.244 e. The summed E-state index contributed by atoms with van der Waals surface area (Å²) in [6.45, 7) is 2.79. The van der Waals surface area contributed by atoms with E-state index in [0.717, 1.165) is 24.6 Å². The van der Waals surface area contributed by atoms with E-state index in [1.807, 2.05) is 38.4 Å². The number of likely N-dealkylation sites (N-methyl/N-ethyl adjacent to an activating group) is 1. The van der Waals surface area contributed by atoms with Gasteiger partial charge in [0.1, 0.15) is 18.1 Å². The number of nitrogens with one attached hydrogen (secondary N) is 2. The van der Waals surface area contributed by atoms with Gasteiger partial charge >= 0.3 is 0 Å². The number of ether oxygens (including phenoxy) is 2. The van der Waals surface area contributed by atoms with Crippen LogP contribution in [0.15, 0.2) is 30.5 Å². The molecule has 24 heavy (non-hydrogen) atoms. The maximum Gasteiger partial charge on any atom is 0.244 e. The van der Waals surface area contributed by atoms with E-state index in [1.165, 1.54) is 0 Å². The van der Waals surface area contributed by atoms with Crippen LogP contribution in [0.5, 0.6) is 11.5 Å². The van der Waals surface area contributed by atoms with Crippen molar-refractivity contribution in [2.75, 3.05) is 58.1 Å². The van der Waals surface area contributed by atoms with Crippen LogP contribution in [0.2, 0.25) is 0 Å². The van der Waals surface area contributed by atoms with E-state index in [2.05, 4.69) is 30.7 Å². The monoisotopic (exact) mass is 332 g/mol. The number of hydrogen-bond donors (Lipinski definition) is 2. The van der Waals surface area contributed by atoms with Crippen LogP contribution in [0.4, 0.5) is 11.8 Å². The first-order chi connectivity index (χ1) is 11.7. The second kappa shape index (κ2) is 9.51. The van der Waals surface area contributed by atoms with Crippen molar-refractivity contribution in [2.24, 2.45) is 0 Å². The molecule has 0 aliphatic rings. The Morgan fingerprint density at radius 1 is 1.04 bits per heavy atom. The zero-order valence-corrected chi connectivity index (χ0v) is 14.3. The van der Waals surface area contributed by atoms with Gasteiger partial charge in [-0.1, -0.05) is 0 Å². The predicted octanol–water partition coefficient (Wildman–Crippen LogP) is 1.34.